The number of piperidine rings is 1. The highest BCUT2D eigenvalue weighted by atomic mass is 19.3. The van der Waals surface area contributed by atoms with Crippen molar-refractivity contribution in [1.29, 1.82) is 0 Å². The molecule has 28 heavy (non-hydrogen) atoms. The molecule has 4 rings (SSSR count). The molecule has 0 bridgehead atoms. The molecule has 0 radical (unpaired) electrons. The van der Waals surface area contributed by atoms with E-state index < -0.39 is 5.92 Å². The van der Waals surface area contributed by atoms with Crippen LogP contribution in [0.1, 0.15) is 36.4 Å². The van der Waals surface area contributed by atoms with Crippen LogP contribution in [0.25, 0.3) is 0 Å². The Hall–Kier alpha value is -2.35. The third kappa shape index (κ3) is 4.38. The van der Waals surface area contributed by atoms with Crippen molar-refractivity contribution in [2.24, 2.45) is 0 Å². The van der Waals surface area contributed by atoms with Crippen molar-refractivity contribution in [3.8, 4) is 0 Å². The zero-order chi connectivity index (χ0) is 19.7. The summed E-state index contributed by atoms with van der Waals surface area (Å²) in [6.07, 6.45) is 3.72. The molecule has 1 unspecified atom stereocenters. The number of nitrogens with one attached hydrogen (secondary N) is 1. The number of hydrogen-bond acceptors (Lipinski definition) is 6. The van der Waals surface area contributed by atoms with Crippen LogP contribution in [0.4, 0.5) is 26.4 Å². The highest BCUT2D eigenvalue weighted by Gasteiger charge is 2.39. The van der Waals surface area contributed by atoms with Crippen molar-refractivity contribution in [3.63, 3.8) is 0 Å². The van der Waals surface area contributed by atoms with E-state index in [1.807, 2.05) is 25.1 Å². The molecule has 0 amide bonds. The van der Waals surface area contributed by atoms with Crippen LogP contribution in [0.5, 0.6) is 0 Å². The van der Waals surface area contributed by atoms with Gasteiger partial charge in [-0.05, 0) is 51.1 Å². The number of likely N-dealkylation sites (N-methyl/N-ethyl adjacent to an activating group) is 1. The third-order valence-corrected chi connectivity index (χ3v) is 5.40. The van der Waals surface area contributed by atoms with Gasteiger partial charge in [0, 0.05) is 37.7 Å². The van der Waals surface area contributed by atoms with Gasteiger partial charge in [0.2, 0.25) is 5.95 Å². The van der Waals surface area contributed by atoms with Crippen molar-refractivity contribution in [3.05, 3.63) is 35.7 Å². The first-order valence-electron chi connectivity index (χ1n) is 9.78. The van der Waals surface area contributed by atoms with Crippen LogP contribution in [-0.4, -0.2) is 59.0 Å². The molecule has 6 nitrogen and oxygen atoms in total. The Kier molecular flexibility index (Phi) is 5.14. The summed E-state index contributed by atoms with van der Waals surface area (Å²) in [5.74, 6) is -0.756. The second kappa shape index (κ2) is 7.58. The van der Waals surface area contributed by atoms with Gasteiger partial charge in [-0.3, -0.25) is 0 Å². The fourth-order valence-electron chi connectivity index (χ4n) is 3.92. The molecule has 8 heteroatoms. The van der Waals surface area contributed by atoms with Gasteiger partial charge < -0.3 is 15.1 Å². The molecule has 4 heterocycles. The average molecular weight is 388 g/mol. The smallest absolute Gasteiger partial charge is 0.267 e. The van der Waals surface area contributed by atoms with Crippen LogP contribution >= 0.6 is 0 Å². The lowest BCUT2D eigenvalue weighted by Crippen LogP contribution is -2.32. The fourth-order valence-corrected chi connectivity index (χ4v) is 3.92. The Morgan fingerprint density at radius 2 is 2.04 bits per heavy atom. The van der Waals surface area contributed by atoms with E-state index in [0.29, 0.717) is 17.6 Å². The Labute approximate surface area is 164 Å². The van der Waals surface area contributed by atoms with Crippen molar-refractivity contribution in [1.82, 2.24) is 19.9 Å². The fraction of sp³-hybridized carbons (Fsp3) is 0.550. The van der Waals surface area contributed by atoms with E-state index in [0.717, 1.165) is 37.2 Å². The van der Waals surface area contributed by atoms with E-state index in [-0.39, 0.29) is 25.4 Å². The van der Waals surface area contributed by atoms with Gasteiger partial charge in [-0.2, -0.15) is 4.98 Å². The molecule has 0 spiro atoms. The molecule has 1 N–H and O–H groups in total. The van der Waals surface area contributed by atoms with E-state index in [2.05, 4.69) is 27.2 Å². The highest BCUT2D eigenvalue weighted by Crippen LogP contribution is 2.32. The van der Waals surface area contributed by atoms with Gasteiger partial charge in [-0.15, -0.1) is 0 Å². The monoisotopic (exact) mass is 388 g/mol. The molecule has 2 aliphatic heterocycles. The van der Waals surface area contributed by atoms with E-state index >= 15 is 0 Å². The quantitative estimate of drug-likeness (QED) is 0.864. The summed E-state index contributed by atoms with van der Waals surface area (Å²) in [6, 6.07) is 5.79. The molecule has 0 aromatic carbocycles. The molecule has 2 aromatic heterocycles. The number of likely N-dealkylation sites (tertiary alicyclic amines) is 1. The number of halogens is 2. The maximum atomic E-state index is 13.7. The lowest BCUT2D eigenvalue weighted by molar-refractivity contribution is 0.0256. The Morgan fingerprint density at radius 1 is 1.18 bits per heavy atom. The minimum atomic E-state index is -2.68. The molecule has 2 saturated heterocycles. The number of pyridine rings is 1. The molecule has 150 valence electrons. The highest BCUT2D eigenvalue weighted by molar-refractivity contribution is 5.55. The first-order valence-corrected chi connectivity index (χ1v) is 9.78. The number of aromatic nitrogens is 3. The van der Waals surface area contributed by atoms with Gasteiger partial charge >= 0.3 is 0 Å². The molecular weight excluding hydrogens is 362 g/mol. The van der Waals surface area contributed by atoms with E-state index in [4.69, 9.17) is 4.98 Å². The topological polar surface area (TPSA) is 57.2 Å². The Morgan fingerprint density at radius 3 is 2.75 bits per heavy atom. The molecule has 0 aliphatic carbocycles. The van der Waals surface area contributed by atoms with E-state index in [1.165, 1.54) is 0 Å². The summed E-state index contributed by atoms with van der Waals surface area (Å²) >= 11 is 0. The number of nitrogens with zero attached hydrogens (tertiary/aromatic N) is 5. The summed E-state index contributed by atoms with van der Waals surface area (Å²) in [5, 5.41) is 3.23. The van der Waals surface area contributed by atoms with Crippen LogP contribution < -0.4 is 10.2 Å². The van der Waals surface area contributed by atoms with E-state index in [9.17, 15) is 8.78 Å². The first-order chi connectivity index (χ1) is 13.4. The lowest BCUT2D eigenvalue weighted by atomic mass is 9.95. The van der Waals surface area contributed by atoms with Crippen LogP contribution in [0.15, 0.2) is 24.4 Å². The molecule has 2 fully saturated rings. The van der Waals surface area contributed by atoms with Crippen molar-refractivity contribution in [2.75, 3.05) is 43.4 Å². The van der Waals surface area contributed by atoms with E-state index in [1.54, 1.807) is 11.1 Å². The minimum absolute atomic E-state index is 0.158. The van der Waals surface area contributed by atoms with Crippen molar-refractivity contribution < 1.29 is 8.78 Å². The predicted molar refractivity (Wildman–Crippen MR) is 106 cm³/mol. The summed E-state index contributed by atoms with van der Waals surface area (Å²) in [5.41, 5.74) is 1.99. The number of anilines is 3. The normalized spacial score (nSPS) is 22.4. The second-order valence-corrected chi connectivity index (χ2v) is 7.95. The summed E-state index contributed by atoms with van der Waals surface area (Å²) < 4.78 is 27.5. The molecule has 0 saturated carbocycles. The standard InChI is InChI=1S/C20H26F2N6/c1-14-5-7-23-17(10-14)25-18-11-16(15-4-3-8-27(2)12-15)24-19(26-18)28-9-6-20(21,22)13-28/h5,7,10-11,15H,3-4,6,8-9,12-13H2,1-2H3,(H,23,24,25,26). The van der Waals surface area contributed by atoms with Crippen LogP contribution in [0.3, 0.4) is 0 Å². The van der Waals surface area contributed by atoms with Gasteiger partial charge in [-0.25, -0.2) is 18.7 Å². The molecule has 1 atom stereocenters. The number of hydrogen-bond donors (Lipinski definition) is 1. The van der Waals surface area contributed by atoms with Crippen LogP contribution in [-0.2, 0) is 0 Å². The summed E-state index contributed by atoms with van der Waals surface area (Å²) in [6.45, 7) is 3.92. The van der Waals surface area contributed by atoms with Gasteiger partial charge in [0.25, 0.3) is 5.92 Å². The summed E-state index contributed by atoms with van der Waals surface area (Å²) in [7, 11) is 2.10. The average Bonchev–Trinajstić information content (AvgIpc) is 3.01. The predicted octanol–water partition coefficient (Wildman–Crippen LogP) is 3.58. The first kappa shape index (κ1) is 19.0. The van der Waals surface area contributed by atoms with Crippen LogP contribution in [0.2, 0.25) is 0 Å². The van der Waals surface area contributed by atoms with Crippen LogP contribution in [0, 0.1) is 6.92 Å². The number of rotatable bonds is 4. The Balaban J connectivity index is 1.66. The maximum absolute atomic E-state index is 13.7. The minimum Gasteiger partial charge on any atom is -0.334 e. The zero-order valence-corrected chi connectivity index (χ0v) is 16.3. The number of alkyl halides is 2. The van der Waals surface area contributed by atoms with Gasteiger partial charge in [0.05, 0.1) is 12.2 Å². The van der Waals surface area contributed by atoms with Gasteiger partial charge in [0.15, 0.2) is 0 Å². The second-order valence-electron chi connectivity index (χ2n) is 7.95. The van der Waals surface area contributed by atoms with Gasteiger partial charge in [-0.1, -0.05) is 0 Å². The van der Waals surface area contributed by atoms with Crippen molar-refractivity contribution >= 4 is 17.6 Å². The molecule has 2 aromatic rings. The lowest BCUT2D eigenvalue weighted by Gasteiger charge is -2.30. The maximum Gasteiger partial charge on any atom is 0.267 e. The molecule has 2 aliphatic rings. The van der Waals surface area contributed by atoms with Crippen molar-refractivity contribution in [2.45, 2.75) is 38.0 Å². The number of aryl methyl sites for hydroxylation is 1. The Bertz CT molecular complexity index is 823. The zero-order valence-electron chi connectivity index (χ0n) is 16.3. The van der Waals surface area contributed by atoms with Gasteiger partial charge in [0.1, 0.15) is 11.6 Å². The molecular formula is C20H26F2N6. The largest absolute Gasteiger partial charge is 0.334 e. The summed E-state index contributed by atoms with van der Waals surface area (Å²) in [4.78, 5) is 17.4. The third-order valence-electron chi connectivity index (χ3n) is 5.40. The SMILES string of the molecule is Cc1ccnc(Nc2cc(C3CCCN(C)C3)nc(N3CCC(F)(F)C3)n2)c1.